The minimum Gasteiger partial charge on any atom is -0.508 e. The Morgan fingerprint density at radius 3 is 1.30 bits per heavy atom. The first-order valence-corrected chi connectivity index (χ1v) is 16.4. The van der Waals surface area contributed by atoms with Crippen molar-refractivity contribution >= 4 is 34.7 Å². The number of carbonyl (C=O) groups is 1. The number of phenolic OH excluding ortho intramolecular Hbond substituents is 4. The Kier molecular flexibility index (Phi) is 7.09. The monoisotopic (exact) mass is 627 g/mol. The van der Waals surface area contributed by atoms with Gasteiger partial charge in [-0.2, -0.15) is 0 Å². The number of ketones is 1. The van der Waals surface area contributed by atoms with Crippen molar-refractivity contribution in [3.8, 4) is 23.0 Å². The molecular formula is C34H39Cl2NO6. The molecule has 0 amide bonds. The molecule has 0 atom stereocenters. The van der Waals surface area contributed by atoms with Crippen molar-refractivity contribution in [2.45, 2.75) is 77.0 Å². The third kappa shape index (κ3) is 4.95. The van der Waals surface area contributed by atoms with E-state index in [2.05, 4.69) is 5.16 Å². The van der Waals surface area contributed by atoms with Crippen LogP contribution in [-0.4, -0.2) is 37.1 Å². The molecular weight excluding hydrogens is 589 g/mol. The summed E-state index contributed by atoms with van der Waals surface area (Å²) in [5, 5.41) is 53.1. The number of carbonyl (C=O) groups excluding carboxylic acids is 1. The van der Waals surface area contributed by atoms with Crippen LogP contribution >= 0.6 is 23.2 Å². The van der Waals surface area contributed by atoms with E-state index in [-0.39, 0.29) is 55.2 Å². The predicted octanol–water partition coefficient (Wildman–Crippen LogP) is 8.30. The van der Waals surface area contributed by atoms with Crippen LogP contribution in [0.15, 0.2) is 29.4 Å². The number of Topliss-reactive ketones (excluding diaryl/α,β-unsaturated/α-hetero) is 1. The van der Waals surface area contributed by atoms with Crippen molar-refractivity contribution < 1.29 is 30.4 Å². The summed E-state index contributed by atoms with van der Waals surface area (Å²) in [5.41, 5.74) is 0.587. The normalized spacial score (nSPS) is 36.8. The predicted molar refractivity (Wildman–Crippen MR) is 163 cm³/mol. The summed E-state index contributed by atoms with van der Waals surface area (Å²) in [7, 11) is 0. The molecule has 0 spiro atoms. The van der Waals surface area contributed by atoms with Gasteiger partial charge in [-0.05, 0) is 125 Å². The Hall–Kier alpha value is -2.64. The van der Waals surface area contributed by atoms with Gasteiger partial charge in [0.15, 0.2) is 5.78 Å². The van der Waals surface area contributed by atoms with E-state index in [1.165, 1.54) is 62.8 Å². The summed E-state index contributed by atoms with van der Waals surface area (Å²) in [4.78, 5) is 13.1. The zero-order valence-corrected chi connectivity index (χ0v) is 25.6. The van der Waals surface area contributed by atoms with Gasteiger partial charge in [-0.1, -0.05) is 28.4 Å². The summed E-state index contributed by atoms with van der Waals surface area (Å²) in [6.45, 7) is 0. The molecule has 2 aromatic rings. The van der Waals surface area contributed by atoms with Gasteiger partial charge >= 0.3 is 0 Å². The summed E-state index contributed by atoms with van der Waals surface area (Å²) in [6.07, 6.45) is 13.5. The fourth-order valence-electron chi connectivity index (χ4n) is 11.1. The Labute approximate surface area is 261 Å². The Morgan fingerprint density at radius 2 is 0.953 bits per heavy atom. The first-order chi connectivity index (χ1) is 20.5. The van der Waals surface area contributed by atoms with Crippen LogP contribution in [0.4, 0.5) is 0 Å². The second kappa shape index (κ2) is 10.5. The van der Waals surface area contributed by atoms with Crippen LogP contribution in [-0.2, 0) is 0 Å². The summed E-state index contributed by atoms with van der Waals surface area (Å²) in [6, 6.07) is 5.20. The van der Waals surface area contributed by atoms with Crippen LogP contribution in [0.25, 0.3) is 0 Å². The van der Waals surface area contributed by atoms with Crippen LogP contribution in [0, 0.1) is 46.3 Å². The lowest BCUT2D eigenvalue weighted by Gasteiger charge is -2.56. The van der Waals surface area contributed by atoms with Crippen molar-refractivity contribution in [1.82, 2.24) is 0 Å². The first-order valence-electron chi connectivity index (χ1n) is 15.7. The molecule has 0 radical (unpaired) electrons. The smallest absolute Gasteiger partial charge is 0.174 e. The van der Waals surface area contributed by atoms with E-state index in [9.17, 15) is 30.4 Å². The highest BCUT2D eigenvalue weighted by atomic mass is 35.5. The van der Waals surface area contributed by atoms with Crippen molar-refractivity contribution in [2.24, 2.45) is 51.5 Å². The molecule has 0 saturated heterocycles. The Balaban J connectivity index is 0.000000140. The SMILES string of the molecule is O=C(c1c(O)cc(O)cc1Cl)C12CC3CC(CC(C3)C1)C2.ON=C(c1c(O)cc(O)cc1Cl)C12CC3CC(CC(C3)C1)C2. The second-order valence-electron chi connectivity index (χ2n) is 14.8. The van der Waals surface area contributed by atoms with Crippen LogP contribution in [0.1, 0.15) is 93.0 Å². The fourth-order valence-corrected chi connectivity index (χ4v) is 11.7. The number of aromatic hydroxyl groups is 4. The topological polar surface area (TPSA) is 131 Å². The Bertz CT molecular complexity index is 1390. The lowest BCUT2D eigenvalue weighted by atomic mass is 9.48. The average Bonchev–Trinajstić information content (AvgIpc) is 2.89. The maximum Gasteiger partial charge on any atom is 0.174 e. The van der Waals surface area contributed by atoms with Gasteiger partial charge in [0, 0.05) is 23.0 Å². The molecule has 0 heterocycles. The van der Waals surface area contributed by atoms with E-state index in [0.717, 1.165) is 38.5 Å². The van der Waals surface area contributed by atoms with Crippen LogP contribution in [0.3, 0.4) is 0 Å². The number of halogens is 2. The number of oxime groups is 1. The number of rotatable bonds is 4. The molecule has 0 aliphatic heterocycles. The molecule has 0 unspecified atom stereocenters. The molecule has 8 saturated carbocycles. The lowest BCUT2D eigenvalue weighted by molar-refractivity contribution is -0.0354. The highest BCUT2D eigenvalue weighted by molar-refractivity contribution is 6.35. The molecule has 9 heteroatoms. The number of nitrogens with zero attached hydrogens (tertiary/aromatic N) is 1. The van der Waals surface area contributed by atoms with Gasteiger partial charge in [0.1, 0.15) is 23.0 Å². The maximum absolute atomic E-state index is 13.1. The quantitative estimate of drug-likeness (QED) is 0.100. The van der Waals surface area contributed by atoms with Crippen molar-refractivity contribution in [2.75, 3.05) is 0 Å². The number of hydrogen-bond donors (Lipinski definition) is 5. The third-order valence-electron chi connectivity index (χ3n) is 11.7. The molecule has 230 valence electrons. The summed E-state index contributed by atoms with van der Waals surface area (Å²) in [5.74, 6) is 3.56. The van der Waals surface area contributed by atoms with Gasteiger partial charge < -0.3 is 25.6 Å². The molecule has 7 nitrogen and oxygen atoms in total. The third-order valence-corrected chi connectivity index (χ3v) is 12.3. The van der Waals surface area contributed by atoms with Gasteiger partial charge in [0.2, 0.25) is 0 Å². The molecule has 8 bridgehead atoms. The van der Waals surface area contributed by atoms with Crippen LogP contribution in [0.2, 0.25) is 10.0 Å². The highest BCUT2D eigenvalue weighted by Gasteiger charge is 2.56. The largest absolute Gasteiger partial charge is 0.508 e. The standard InChI is InChI=1S/C17H20ClNO3.C17H19ClO3/c18-13-4-12(20)5-14(21)15(13)16(19-22)17-6-9-1-10(7-17)3-11(2-9)8-17;18-13-4-12(19)5-14(20)15(13)16(21)17-6-9-1-10(7-17)3-11(2-9)8-17/h4-5,9-11,20-22H,1-3,6-8H2;4-5,9-11,19-20H,1-3,6-8H2. The Morgan fingerprint density at radius 1 is 0.605 bits per heavy atom. The number of phenols is 4. The maximum atomic E-state index is 13.1. The van der Waals surface area contributed by atoms with Crippen LogP contribution < -0.4 is 0 Å². The van der Waals surface area contributed by atoms with E-state index in [0.29, 0.717) is 46.8 Å². The van der Waals surface area contributed by atoms with E-state index in [1.54, 1.807) is 0 Å². The molecule has 5 N–H and O–H groups in total. The van der Waals surface area contributed by atoms with Gasteiger partial charge in [-0.3, -0.25) is 4.79 Å². The van der Waals surface area contributed by atoms with Gasteiger partial charge in [0.25, 0.3) is 0 Å². The lowest BCUT2D eigenvalue weighted by Crippen LogP contribution is -2.50. The summed E-state index contributed by atoms with van der Waals surface area (Å²) >= 11 is 12.4. The zero-order chi connectivity index (χ0) is 30.3. The van der Waals surface area contributed by atoms with Gasteiger partial charge in [-0.15, -0.1) is 0 Å². The minimum atomic E-state index is -0.327. The van der Waals surface area contributed by atoms with E-state index >= 15 is 0 Å². The molecule has 8 aliphatic rings. The minimum absolute atomic E-state index is 0.0101. The number of benzene rings is 2. The fraction of sp³-hybridized carbons (Fsp3) is 0.588. The molecule has 10 rings (SSSR count). The molecule has 43 heavy (non-hydrogen) atoms. The summed E-state index contributed by atoms with van der Waals surface area (Å²) < 4.78 is 0. The van der Waals surface area contributed by atoms with Crippen molar-refractivity contribution in [3.05, 3.63) is 45.4 Å². The second-order valence-corrected chi connectivity index (χ2v) is 15.6. The van der Waals surface area contributed by atoms with Crippen molar-refractivity contribution in [3.63, 3.8) is 0 Å². The van der Waals surface area contributed by atoms with Crippen molar-refractivity contribution in [1.29, 1.82) is 0 Å². The molecule has 8 fully saturated rings. The van der Waals surface area contributed by atoms with Crippen LogP contribution in [0.5, 0.6) is 23.0 Å². The van der Waals surface area contributed by atoms with E-state index in [1.807, 2.05) is 0 Å². The van der Waals surface area contributed by atoms with E-state index in [4.69, 9.17) is 23.2 Å². The van der Waals surface area contributed by atoms with E-state index < -0.39 is 0 Å². The van der Waals surface area contributed by atoms with Gasteiger partial charge in [-0.25, -0.2) is 0 Å². The average molecular weight is 629 g/mol. The zero-order valence-electron chi connectivity index (χ0n) is 24.1. The number of hydrogen-bond acceptors (Lipinski definition) is 7. The first kappa shape index (κ1) is 29.1. The molecule has 2 aromatic carbocycles. The highest BCUT2D eigenvalue weighted by Crippen LogP contribution is 2.63. The van der Waals surface area contributed by atoms with Gasteiger partial charge in [0.05, 0.1) is 26.9 Å². The molecule has 8 aliphatic carbocycles. The molecule has 0 aromatic heterocycles.